The molecule has 0 bridgehead atoms. The van der Waals surface area contributed by atoms with Crippen LogP contribution in [0.15, 0.2) is 29.2 Å². The summed E-state index contributed by atoms with van der Waals surface area (Å²) in [6, 6.07) is 4.08. The summed E-state index contributed by atoms with van der Waals surface area (Å²) in [6.07, 6.45) is 1.90. The average molecular weight is 376 g/mol. The molecule has 1 aliphatic rings. The standard InChI is InChI=1S/C15H18F2N2O5S/c16-15(17)25(23,24)12-7-2-1-5-10(12)18-13(20)9-19-8-4-3-6-11(19)14(21)22/h1-2,5,7,11,15H,3-4,6,8-9H2,(H,18,20)(H,21,22). The molecule has 1 fully saturated rings. The van der Waals surface area contributed by atoms with Gasteiger partial charge >= 0.3 is 11.7 Å². The molecule has 1 heterocycles. The summed E-state index contributed by atoms with van der Waals surface area (Å²) in [5, 5.41) is 11.5. The summed E-state index contributed by atoms with van der Waals surface area (Å²) in [6.45, 7) is 0.154. The van der Waals surface area contributed by atoms with Gasteiger partial charge in [0.2, 0.25) is 15.7 Å². The Labute approximate surface area is 143 Å². The van der Waals surface area contributed by atoms with Crippen molar-refractivity contribution in [1.29, 1.82) is 0 Å². The smallest absolute Gasteiger partial charge is 0.341 e. The fraction of sp³-hybridized carbons (Fsp3) is 0.467. The molecule has 0 radical (unpaired) electrons. The lowest BCUT2D eigenvalue weighted by molar-refractivity contribution is -0.145. The maximum Gasteiger partial charge on any atom is 0.341 e. The van der Waals surface area contributed by atoms with E-state index in [1.54, 1.807) is 0 Å². The van der Waals surface area contributed by atoms with Crippen LogP contribution in [0.5, 0.6) is 0 Å². The van der Waals surface area contributed by atoms with E-state index in [9.17, 15) is 31.9 Å². The van der Waals surface area contributed by atoms with E-state index in [2.05, 4.69) is 5.32 Å². The van der Waals surface area contributed by atoms with Gasteiger partial charge in [0.25, 0.3) is 0 Å². The van der Waals surface area contributed by atoms with E-state index in [-0.39, 0.29) is 12.2 Å². The van der Waals surface area contributed by atoms with E-state index in [0.29, 0.717) is 13.0 Å². The Hall–Kier alpha value is -2.07. The second-order valence-electron chi connectivity index (χ2n) is 5.67. The van der Waals surface area contributed by atoms with Crippen LogP contribution in [0.4, 0.5) is 14.5 Å². The third-order valence-electron chi connectivity index (χ3n) is 3.95. The quantitative estimate of drug-likeness (QED) is 0.781. The van der Waals surface area contributed by atoms with Crippen LogP contribution in [0.2, 0.25) is 0 Å². The lowest BCUT2D eigenvalue weighted by Crippen LogP contribution is -2.47. The molecule has 1 atom stereocenters. The molecule has 7 nitrogen and oxygen atoms in total. The highest BCUT2D eigenvalue weighted by Gasteiger charge is 2.31. The molecule has 2 N–H and O–H groups in total. The van der Waals surface area contributed by atoms with Crippen molar-refractivity contribution in [2.24, 2.45) is 0 Å². The Kier molecular flexibility index (Phi) is 6.07. The third-order valence-corrected chi connectivity index (χ3v) is 5.39. The number of anilines is 1. The zero-order chi connectivity index (χ0) is 18.6. The highest BCUT2D eigenvalue weighted by molar-refractivity contribution is 7.91. The minimum absolute atomic E-state index is 0.253. The fourth-order valence-corrected chi connectivity index (χ4v) is 3.63. The van der Waals surface area contributed by atoms with Crippen molar-refractivity contribution in [3.63, 3.8) is 0 Å². The van der Waals surface area contributed by atoms with Crippen LogP contribution in [0.3, 0.4) is 0 Å². The largest absolute Gasteiger partial charge is 0.480 e. The maximum absolute atomic E-state index is 12.8. The molecule has 25 heavy (non-hydrogen) atoms. The average Bonchev–Trinajstić information content (AvgIpc) is 2.55. The van der Waals surface area contributed by atoms with Gasteiger partial charge in [0.05, 0.1) is 17.1 Å². The number of nitrogens with one attached hydrogen (secondary N) is 1. The number of carboxylic acids is 1. The molecular formula is C15H18F2N2O5S. The Bertz CT molecular complexity index is 754. The van der Waals surface area contributed by atoms with Crippen molar-refractivity contribution in [3.05, 3.63) is 24.3 Å². The second-order valence-corrected chi connectivity index (χ2v) is 7.56. The number of rotatable bonds is 6. The highest BCUT2D eigenvalue weighted by Crippen LogP contribution is 2.26. The van der Waals surface area contributed by atoms with E-state index in [4.69, 9.17) is 0 Å². The molecule has 1 unspecified atom stereocenters. The molecule has 1 aromatic carbocycles. The summed E-state index contributed by atoms with van der Waals surface area (Å²) in [4.78, 5) is 24.2. The van der Waals surface area contributed by atoms with Gasteiger partial charge in [-0.15, -0.1) is 0 Å². The zero-order valence-electron chi connectivity index (χ0n) is 13.2. The van der Waals surface area contributed by atoms with E-state index in [1.165, 1.54) is 23.1 Å². The number of aliphatic carboxylic acids is 1. The van der Waals surface area contributed by atoms with Crippen molar-refractivity contribution in [3.8, 4) is 0 Å². The van der Waals surface area contributed by atoms with Gasteiger partial charge in [0.15, 0.2) is 0 Å². The number of halogens is 2. The van der Waals surface area contributed by atoms with Gasteiger partial charge in [-0.2, -0.15) is 8.78 Å². The van der Waals surface area contributed by atoms with Crippen molar-refractivity contribution in [2.45, 2.75) is 36.0 Å². The lowest BCUT2D eigenvalue weighted by atomic mass is 10.0. The Balaban J connectivity index is 2.15. The summed E-state index contributed by atoms with van der Waals surface area (Å²) in [7, 11) is -4.87. The predicted molar refractivity (Wildman–Crippen MR) is 85.1 cm³/mol. The number of para-hydroxylation sites is 1. The molecule has 1 aliphatic heterocycles. The normalized spacial score (nSPS) is 18.9. The molecular weight excluding hydrogens is 358 g/mol. The number of hydrogen-bond donors (Lipinski definition) is 2. The van der Waals surface area contributed by atoms with Crippen molar-refractivity contribution in [2.75, 3.05) is 18.4 Å². The molecule has 1 aromatic rings. The number of carbonyl (C=O) groups is 2. The molecule has 138 valence electrons. The van der Waals surface area contributed by atoms with Crippen LogP contribution in [0, 0.1) is 0 Å². The number of carbonyl (C=O) groups excluding carboxylic acids is 1. The van der Waals surface area contributed by atoms with Crippen molar-refractivity contribution in [1.82, 2.24) is 4.90 Å². The van der Waals surface area contributed by atoms with Gasteiger partial charge in [0.1, 0.15) is 6.04 Å². The van der Waals surface area contributed by atoms with E-state index in [0.717, 1.165) is 18.9 Å². The second kappa shape index (κ2) is 7.87. The van der Waals surface area contributed by atoms with E-state index in [1.807, 2.05) is 0 Å². The van der Waals surface area contributed by atoms with Crippen LogP contribution < -0.4 is 5.32 Å². The molecule has 0 aliphatic carbocycles. The predicted octanol–water partition coefficient (Wildman–Crippen LogP) is 1.56. The summed E-state index contributed by atoms with van der Waals surface area (Å²) in [5.41, 5.74) is -0.253. The highest BCUT2D eigenvalue weighted by atomic mass is 32.2. The fourth-order valence-electron chi connectivity index (χ4n) is 2.75. The number of likely N-dealkylation sites (tertiary alicyclic amines) is 1. The molecule has 0 saturated carbocycles. The minimum atomic E-state index is -4.87. The Morgan fingerprint density at radius 2 is 1.96 bits per heavy atom. The number of sulfone groups is 1. The third kappa shape index (κ3) is 4.51. The number of alkyl halides is 2. The lowest BCUT2D eigenvalue weighted by Gasteiger charge is -2.32. The van der Waals surface area contributed by atoms with Crippen molar-refractivity contribution >= 4 is 27.4 Å². The van der Waals surface area contributed by atoms with Crippen LogP contribution in [0.25, 0.3) is 0 Å². The van der Waals surface area contributed by atoms with Crippen LogP contribution in [0.1, 0.15) is 19.3 Å². The van der Waals surface area contributed by atoms with Gasteiger partial charge < -0.3 is 10.4 Å². The first-order valence-electron chi connectivity index (χ1n) is 7.61. The number of amides is 1. The van der Waals surface area contributed by atoms with Gasteiger partial charge in [-0.1, -0.05) is 18.6 Å². The molecule has 2 rings (SSSR count). The molecule has 1 saturated heterocycles. The van der Waals surface area contributed by atoms with Gasteiger partial charge in [-0.3, -0.25) is 14.5 Å². The zero-order valence-corrected chi connectivity index (χ0v) is 14.0. The number of carboxylic acid groups (broad SMARTS) is 1. The molecule has 10 heteroatoms. The van der Waals surface area contributed by atoms with Gasteiger partial charge in [-0.05, 0) is 31.5 Å². The number of piperidine rings is 1. The summed E-state index contributed by atoms with van der Waals surface area (Å²) in [5.74, 6) is -5.30. The van der Waals surface area contributed by atoms with E-state index < -0.39 is 38.4 Å². The van der Waals surface area contributed by atoms with Crippen LogP contribution in [-0.4, -0.2) is 55.2 Å². The number of hydrogen-bond acceptors (Lipinski definition) is 5. The molecule has 0 aromatic heterocycles. The molecule has 1 amide bonds. The van der Waals surface area contributed by atoms with Crippen LogP contribution in [-0.2, 0) is 19.4 Å². The number of nitrogens with zero attached hydrogens (tertiary/aromatic N) is 1. The van der Waals surface area contributed by atoms with Crippen LogP contribution >= 0.6 is 0 Å². The summed E-state index contributed by atoms with van der Waals surface area (Å²) >= 11 is 0. The first-order valence-corrected chi connectivity index (χ1v) is 9.16. The Morgan fingerprint density at radius 1 is 1.28 bits per heavy atom. The first kappa shape index (κ1) is 19.3. The van der Waals surface area contributed by atoms with Gasteiger partial charge in [0, 0.05) is 0 Å². The number of benzene rings is 1. The Morgan fingerprint density at radius 3 is 2.60 bits per heavy atom. The monoisotopic (exact) mass is 376 g/mol. The maximum atomic E-state index is 12.8. The minimum Gasteiger partial charge on any atom is -0.480 e. The first-order chi connectivity index (χ1) is 11.7. The SMILES string of the molecule is O=C(CN1CCCCC1C(=O)O)Nc1ccccc1S(=O)(=O)C(F)F. The van der Waals surface area contributed by atoms with E-state index >= 15 is 0 Å². The molecule has 0 spiro atoms. The topological polar surface area (TPSA) is 104 Å². The van der Waals surface area contributed by atoms with Crippen molar-refractivity contribution < 1.29 is 31.9 Å². The van der Waals surface area contributed by atoms with Gasteiger partial charge in [-0.25, -0.2) is 8.42 Å². The summed E-state index contributed by atoms with van der Waals surface area (Å²) < 4.78 is 48.9.